The molecule has 0 aliphatic carbocycles. The predicted octanol–water partition coefficient (Wildman–Crippen LogP) is 0.919. The van der Waals surface area contributed by atoms with Crippen LogP contribution in [0.25, 0.3) is 0 Å². The third-order valence-electron chi connectivity index (χ3n) is 2.72. The highest BCUT2D eigenvalue weighted by Gasteiger charge is 2.27. The molecule has 0 saturated heterocycles. The second-order valence-electron chi connectivity index (χ2n) is 5.04. The van der Waals surface area contributed by atoms with Crippen LogP contribution in [0, 0.1) is 5.41 Å². The maximum absolute atomic E-state index is 12.2. The van der Waals surface area contributed by atoms with Crippen LogP contribution in [-0.2, 0) is 21.8 Å². The molecule has 110 valence electrons. The second-order valence-corrected chi connectivity index (χ2v) is 7.47. The number of ether oxygens (including phenoxy) is 1. The Morgan fingerprint density at radius 2 is 2.11 bits per heavy atom. The third kappa shape index (κ3) is 4.51. The van der Waals surface area contributed by atoms with Gasteiger partial charge in [-0.1, -0.05) is 19.1 Å². The van der Waals surface area contributed by atoms with Gasteiger partial charge < -0.3 is 4.74 Å². The summed E-state index contributed by atoms with van der Waals surface area (Å²) in [5, 5.41) is 7.35. The zero-order valence-electron chi connectivity index (χ0n) is 11.5. The minimum atomic E-state index is -3.64. The van der Waals surface area contributed by atoms with E-state index in [9.17, 15) is 8.42 Å². The lowest BCUT2D eigenvalue weighted by molar-refractivity contribution is 0.153. The number of aromatic nitrogens is 3. The fraction of sp³-hybridized carbons (Fsp3) is 0.800. The van der Waals surface area contributed by atoms with Gasteiger partial charge in [-0.15, -0.1) is 5.10 Å². The molecule has 1 N–H and O–H groups in total. The molecule has 1 aromatic rings. The number of sulfonamides is 1. The Balaban J connectivity index is 2.77. The molecule has 0 amide bonds. The number of rotatable bonds is 7. The first-order valence-electron chi connectivity index (χ1n) is 5.73. The van der Waals surface area contributed by atoms with Crippen LogP contribution in [0.15, 0.2) is 9.63 Å². The Labute approximate surface area is 121 Å². The molecule has 0 fully saturated rings. The normalized spacial score (nSPS) is 12.9. The van der Waals surface area contributed by atoms with Crippen molar-refractivity contribution in [1.82, 2.24) is 19.7 Å². The van der Waals surface area contributed by atoms with Crippen LogP contribution in [0.3, 0.4) is 0 Å². The fourth-order valence-electron chi connectivity index (χ4n) is 1.43. The lowest BCUT2D eigenvalue weighted by atomic mass is 9.90. The van der Waals surface area contributed by atoms with Crippen LogP contribution in [-0.4, -0.2) is 43.7 Å². The SMILES string of the molecule is COCCC(C)(C)CNS(=O)(=O)c1c(Br)nnn1C. The van der Waals surface area contributed by atoms with Crippen LogP contribution < -0.4 is 4.72 Å². The molecule has 0 bridgehead atoms. The number of aryl methyl sites for hydroxylation is 1. The summed E-state index contributed by atoms with van der Waals surface area (Å²) in [6.07, 6.45) is 0.761. The first-order valence-corrected chi connectivity index (χ1v) is 8.01. The lowest BCUT2D eigenvalue weighted by Gasteiger charge is -2.24. The highest BCUT2D eigenvalue weighted by Crippen LogP contribution is 2.22. The predicted molar refractivity (Wildman–Crippen MR) is 74.2 cm³/mol. The largest absolute Gasteiger partial charge is 0.385 e. The Kier molecular flexibility index (Phi) is 5.48. The Bertz CT molecular complexity index is 507. The third-order valence-corrected chi connectivity index (χ3v) is 5.00. The summed E-state index contributed by atoms with van der Waals surface area (Å²) in [7, 11) is -0.482. The smallest absolute Gasteiger partial charge is 0.260 e. The van der Waals surface area contributed by atoms with E-state index in [-0.39, 0.29) is 15.0 Å². The molecule has 0 atom stereocenters. The number of hydrogen-bond acceptors (Lipinski definition) is 5. The van der Waals surface area contributed by atoms with Gasteiger partial charge in [-0.3, -0.25) is 0 Å². The van der Waals surface area contributed by atoms with Gasteiger partial charge in [0.2, 0.25) is 5.03 Å². The van der Waals surface area contributed by atoms with Crippen LogP contribution in [0.5, 0.6) is 0 Å². The molecular formula is C10H19BrN4O3S. The molecular weight excluding hydrogens is 336 g/mol. The van der Waals surface area contributed by atoms with Gasteiger partial charge in [0.15, 0.2) is 4.60 Å². The summed E-state index contributed by atoms with van der Waals surface area (Å²) in [5.41, 5.74) is -0.193. The van der Waals surface area contributed by atoms with Gasteiger partial charge in [-0.2, -0.15) is 0 Å². The molecule has 1 aromatic heterocycles. The highest BCUT2D eigenvalue weighted by molar-refractivity contribution is 9.10. The molecule has 0 aliphatic rings. The van der Waals surface area contributed by atoms with Crippen molar-refractivity contribution < 1.29 is 13.2 Å². The minimum absolute atomic E-state index is 0.0232. The summed E-state index contributed by atoms with van der Waals surface area (Å²) >= 11 is 3.08. The van der Waals surface area contributed by atoms with Crippen LogP contribution >= 0.6 is 15.9 Å². The van der Waals surface area contributed by atoms with Crippen LogP contribution in [0.2, 0.25) is 0 Å². The van der Waals surface area contributed by atoms with E-state index in [1.54, 1.807) is 7.11 Å². The van der Waals surface area contributed by atoms with Gasteiger partial charge in [-0.25, -0.2) is 17.8 Å². The summed E-state index contributed by atoms with van der Waals surface area (Å²) in [6, 6.07) is 0. The second kappa shape index (κ2) is 6.29. The molecule has 19 heavy (non-hydrogen) atoms. The number of halogens is 1. The van der Waals surface area contributed by atoms with E-state index < -0.39 is 10.0 Å². The summed E-state index contributed by atoms with van der Waals surface area (Å²) in [5.74, 6) is 0. The van der Waals surface area contributed by atoms with Crippen molar-refractivity contribution in [3.8, 4) is 0 Å². The van der Waals surface area contributed by atoms with E-state index in [2.05, 4.69) is 31.0 Å². The van der Waals surface area contributed by atoms with E-state index in [1.807, 2.05) is 13.8 Å². The first kappa shape index (κ1) is 16.5. The molecule has 0 spiro atoms. The van der Waals surface area contributed by atoms with Crippen LogP contribution in [0.4, 0.5) is 0 Å². The molecule has 1 heterocycles. The molecule has 0 aliphatic heterocycles. The number of nitrogens with one attached hydrogen (secondary N) is 1. The van der Waals surface area contributed by atoms with Gasteiger partial charge in [-0.05, 0) is 27.8 Å². The summed E-state index contributed by atoms with van der Waals surface area (Å²) < 4.78 is 33.4. The number of nitrogens with zero attached hydrogens (tertiary/aromatic N) is 3. The van der Waals surface area contributed by atoms with E-state index in [1.165, 1.54) is 11.7 Å². The first-order chi connectivity index (χ1) is 8.69. The topological polar surface area (TPSA) is 86.1 Å². The molecule has 0 radical (unpaired) electrons. The van der Waals surface area contributed by atoms with E-state index in [0.29, 0.717) is 13.2 Å². The Morgan fingerprint density at radius 1 is 1.47 bits per heavy atom. The van der Waals surface area contributed by atoms with Crippen molar-refractivity contribution in [3.63, 3.8) is 0 Å². The van der Waals surface area contributed by atoms with Crippen molar-refractivity contribution in [1.29, 1.82) is 0 Å². The maximum Gasteiger partial charge on any atom is 0.260 e. The molecule has 1 rings (SSSR count). The molecule has 0 saturated carbocycles. The Morgan fingerprint density at radius 3 is 2.58 bits per heavy atom. The summed E-state index contributed by atoms with van der Waals surface area (Å²) in [4.78, 5) is 0. The summed E-state index contributed by atoms with van der Waals surface area (Å²) in [6.45, 7) is 4.86. The van der Waals surface area contributed by atoms with Gasteiger partial charge in [0.1, 0.15) is 0 Å². The molecule has 0 aromatic carbocycles. The fourth-order valence-corrected chi connectivity index (χ4v) is 3.76. The van der Waals surface area contributed by atoms with Gasteiger partial charge in [0, 0.05) is 27.3 Å². The standard InChI is InChI=1S/C10H19BrN4O3S/c1-10(2,5-6-18-4)7-12-19(16,17)9-8(11)13-14-15(9)3/h12H,5-7H2,1-4H3. The van der Waals surface area contributed by atoms with E-state index in [0.717, 1.165) is 6.42 Å². The minimum Gasteiger partial charge on any atom is -0.385 e. The average Bonchev–Trinajstić information content (AvgIpc) is 2.65. The van der Waals surface area contributed by atoms with Gasteiger partial charge in [0.05, 0.1) is 0 Å². The van der Waals surface area contributed by atoms with Crippen LogP contribution in [0.1, 0.15) is 20.3 Å². The van der Waals surface area contributed by atoms with Crippen molar-refractivity contribution in [2.75, 3.05) is 20.3 Å². The quantitative estimate of drug-likeness (QED) is 0.786. The number of methoxy groups -OCH3 is 1. The molecule has 7 nitrogen and oxygen atoms in total. The zero-order chi connectivity index (χ0) is 14.7. The lowest BCUT2D eigenvalue weighted by Crippen LogP contribution is -2.35. The van der Waals surface area contributed by atoms with Crippen molar-refractivity contribution in [2.45, 2.75) is 25.3 Å². The highest BCUT2D eigenvalue weighted by atomic mass is 79.9. The number of hydrogen-bond donors (Lipinski definition) is 1. The Hall–Kier alpha value is -0.510. The average molecular weight is 355 g/mol. The van der Waals surface area contributed by atoms with E-state index >= 15 is 0 Å². The van der Waals surface area contributed by atoms with Crippen molar-refractivity contribution >= 4 is 26.0 Å². The van der Waals surface area contributed by atoms with E-state index in [4.69, 9.17) is 4.74 Å². The molecule has 9 heteroatoms. The monoisotopic (exact) mass is 354 g/mol. The van der Waals surface area contributed by atoms with Gasteiger partial charge in [0.25, 0.3) is 10.0 Å². The van der Waals surface area contributed by atoms with Crippen molar-refractivity contribution in [2.24, 2.45) is 12.5 Å². The van der Waals surface area contributed by atoms with Crippen molar-refractivity contribution in [3.05, 3.63) is 4.60 Å². The molecule has 0 unspecified atom stereocenters. The maximum atomic E-state index is 12.2. The van der Waals surface area contributed by atoms with Gasteiger partial charge >= 0.3 is 0 Å². The zero-order valence-corrected chi connectivity index (χ0v) is 13.9.